The zero-order chi connectivity index (χ0) is 15.4. The Kier molecular flexibility index (Phi) is 6.84. The third kappa shape index (κ3) is 4.71. The highest BCUT2D eigenvalue weighted by atomic mass is 35.5. The molecule has 1 saturated heterocycles. The summed E-state index contributed by atoms with van der Waals surface area (Å²) < 4.78 is 0. The molecule has 0 aliphatic carbocycles. The third-order valence-electron chi connectivity index (χ3n) is 3.81. The summed E-state index contributed by atoms with van der Waals surface area (Å²) in [6.07, 6.45) is 0.418. The van der Waals surface area contributed by atoms with Gasteiger partial charge in [0.1, 0.15) is 0 Å². The van der Waals surface area contributed by atoms with Crippen molar-refractivity contribution in [3.8, 4) is 0 Å². The third-order valence-corrected chi connectivity index (χ3v) is 3.81. The van der Waals surface area contributed by atoms with Crippen LogP contribution in [0.5, 0.6) is 0 Å². The molecule has 1 heterocycles. The van der Waals surface area contributed by atoms with E-state index in [1.54, 1.807) is 11.8 Å². The lowest BCUT2D eigenvalue weighted by Gasteiger charge is -2.35. The van der Waals surface area contributed by atoms with Crippen LogP contribution in [0, 0.1) is 6.92 Å². The van der Waals surface area contributed by atoms with E-state index < -0.39 is 6.04 Å². The number of nitrogens with two attached hydrogens (primary N) is 1. The van der Waals surface area contributed by atoms with Gasteiger partial charge in [0.05, 0.1) is 12.5 Å². The van der Waals surface area contributed by atoms with Crippen molar-refractivity contribution in [2.75, 3.05) is 26.2 Å². The summed E-state index contributed by atoms with van der Waals surface area (Å²) in [4.78, 5) is 27.6. The van der Waals surface area contributed by atoms with Crippen molar-refractivity contribution in [1.29, 1.82) is 0 Å². The second-order valence-electron chi connectivity index (χ2n) is 5.66. The summed E-state index contributed by atoms with van der Waals surface area (Å²) in [5.41, 5.74) is 7.82. The van der Waals surface area contributed by atoms with Crippen molar-refractivity contribution in [2.24, 2.45) is 5.73 Å². The van der Waals surface area contributed by atoms with Gasteiger partial charge in [0, 0.05) is 26.2 Å². The van der Waals surface area contributed by atoms with Crippen LogP contribution < -0.4 is 5.73 Å². The van der Waals surface area contributed by atoms with Gasteiger partial charge in [-0.25, -0.2) is 0 Å². The molecule has 5 nitrogen and oxygen atoms in total. The van der Waals surface area contributed by atoms with E-state index in [2.05, 4.69) is 0 Å². The second kappa shape index (κ2) is 8.15. The molecule has 0 radical (unpaired) electrons. The van der Waals surface area contributed by atoms with Gasteiger partial charge in [-0.3, -0.25) is 9.59 Å². The van der Waals surface area contributed by atoms with Crippen LogP contribution in [0.1, 0.15) is 18.1 Å². The maximum Gasteiger partial charge on any atom is 0.239 e. The van der Waals surface area contributed by atoms with Crippen LogP contribution in [-0.2, 0) is 16.0 Å². The van der Waals surface area contributed by atoms with Gasteiger partial charge >= 0.3 is 0 Å². The lowest BCUT2D eigenvalue weighted by atomic mass is 10.1. The minimum Gasteiger partial charge on any atom is -0.339 e. The highest BCUT2D eigenvalue weighted by Crippen LogP contribution is 2.09. The Morgan fingerprint density at radius 1 is 1.09 bits per heavy atom. The monoisotopic (exact) mass is 325 g/mol. The van der Waals surface area contributed by atoms with E-state index in [0.29, 0.717) is 32.6 Å². The van der Waals surface area contributed by atoms with Gasteiger partial charge in [0.2, 0.25) is 11.8 Å². The van der Waals surface area contributed by atoms with E-state index >= 15 is 0 Å². The molecule has 1 aliphatic heterocycles. The lowest BCUT2D eigenvalue weighted by Crippen LogP contribution is -2.54. The van der Waals surface area contributed by atoms with Crippen LogP contribution in [-0.4, -0.2) is 53.8 Å². The molecule has 2 amide bonds. The van der Waals surface area contributed by atoms with Gasteiger partial charge in [-0.15, -0.1) is 12.4 Å². The smallest absolute Gasteiger partial charge is 0.239 e. The van der Waals surface area contributed by atoms with Gasteiger partial charge in [-0.05, 0) is 19.4 Å². The van der Waals surface area contributed by atoms with E-state index in [1.807, 2.05) is 36.1 Å². The summed E-state index contributed by atoms with van der Waals surface area (Å²) in [6.45, 7) is 6.03. The van der Waals surface area contributed by atoms with Crippen LogP contribution in [0.4, 0.5) is 0 Å². The van der Waals surface area contributed by atoms with E-state index in [-0.39, 0.29) is 24.2 Å². The maximum absolute atomic E-state index is 12.3. The molecule has 0 bridgehead atoms. The molecule has 0 unspecified atom stereocenters. The number of benzene rings is 1. The molecule has 6 heteroatoms. The average Bonchev–Trinajstić information content (AvgIpc) is 2.49. The predicted octanol–water partition coefficient (Wildman–Crippen LogP) is 0.977. The molecule has 1 aromatic carbocycles. The molecule has 22 heavy (non-hydrogen) atoms. The number of amides is 2. The topological polar surface area (TPSA) is 66.6 Å². The Morgan fingerprint density at radius 2 is 1.59 bits per heavy atom. The van der Waals surface area contributed by atoms with Crippen molar-refractivity contribution in [1.82, 2.24) is 9.80 Å². The molecule has 0 saturated carbocycles. The highest BCUT2D eigenvalue weighted by molar-refractivity contribution is 5.85. The molecule has 1 fully saturated rings. The Bertz CT molecular complexity index is 509. The zero-order valence-electron chi connectivity index (χ0n) is 13.1. The number of carbonyl (C=O) groups excluding carboxylic acids is 2. The van der Waals surface area contributed by atoms with Crippen molar-refractivity contribution in [3.63, 3.8) is 0 Å². The molecular weight excluding hydrogens is 302 g/mol. The van der Waals surface area contributed by atoms with Crippen LogP contribution >= 0.6 is 12.4 Å². The first-order valence-electron chi connectivity index (χ1n) is 7.35. The van der Waals surface area contributed by atoms with E-state index in [1.165, 1.54) is 5.56 Å². The van der Waals surface area contributed by atoms with Crippen LogP contribution in [0.2, 0.25) is 0 Å². The van der Waals surface area contributed by atoms with Gasteiger partial charge in [0.15, 0.2) is 0 Å². The van der Waals surface area contributed by atoms with E-state index in [0.717, 1.165) is 5.56 Å². The number of hydrogen-bond donors (Lipinski definition) is 1. The number of nitrogens with zero attached hydrogens (tertiary/aromatic N) is 2. The molecule has 122 valence electrons. The minimum atomic E-state index is -0.472. The predicted molar refractivity (Wildman–Crippen MR) is 88.9 cm³/mol. The molecule has 2 N–H and O–H groups in total. The van der Waals surface area contributed by atoms with Crippen LogP contribution in [0.3, 0.4) is 0 Å². The molecule has 1 atom stereocenters. The molecule has 1 aromatic rings. The standard InChI is InChI=1S/C16H23N3O2.ClH/c1-12-3-5-14(6-4-12)11-15(20)18-7-9-19(10-8-18)16(21)13(2)17;/h3-6,13H,7-11,17H2,1-2H3;1H/t13-;/m0./s1. The SMILES string of the molecule is Cc1ccc(CC(=O)N2CCN(C(=O)[C@H](C)N)CC2)cc1.Cl. The molecule has 1 aliphatic rings. The van der Waals surface area contributed by atoms with E-state index in [9.17, 15) is 9.59 Å². The maximum atomic E-state index is 12.3. The number of piperazine rings is 1. The van der Waals surface area contributed by atoms with Gasteiger partial charge in [-0.1, -0.05) is 29.8 Å². The van der Waals surface area contributed by atoms with Crippen LogP contribution in [0.15, 0.2) is 24.3 Å². The largest absolute Gasteiger partial charge is 0.339 e. The fourth-order valence-corrected chi connectivity index (χ4v) is 2.46. The zero-order valence-corrected chi connectivity index (χ0v) is 13.9. The van der Waals surface area contributed by atoms with Crippen molar-refractivity contribution >= 4 is 24.2 Å². The summed E-state index contributed by atoms with van der Waals surface area (Å²) in [5.74, 6) is 0.0763. The minimum absolute atomic E-state index is 0. The first kappa shape index (κ1) is 18.5. The first-order valence-corrected chi connectivity index (χ1v) is 7.35. The summed E-state index contributed by atoms with van der Waals surface area (Å²) in [6, 6.07) is 7.54. The number of halogens is 1. The molecule has 0 spiro atoms. The molecular formula is C16H24ClN3O2. The van der Waals surface area contributed by atoms with Crippen molar-refractivity contribution < 1.29 is 9.59 Å². The Morgan fingerprint density at radius 3 is 2.09 bits per heavy atom. The molecule has 2 rings (SSSR count). The summed E-state index contributed by atoms with van der Waals surface area (Å²) in [7, 11) is 0. The van der Waals surface area contributed by atoms with Gasteiger partial charge < -0.3 is 15.5 Å². The molecule has 0 aromatic heterocycles. The van der Waals surface area contributed by atoms with Crippen LogP contribution in [0.25, 0.3) is 0 Å². The van der Waals surface area contributed by atoms with Crippen molar-refractivity contribution in [3.05, 3.63) is 35.4 Å². The number of hydrogen-bond acceptors (Lipinski definition) is 3. The number of aryl methyl sites for hydroxylation is 1. The normalized spacial score (nSPS) is 16.0. The average molecular weight is 326 g/mol. The summed E-state index contributed by atoms with van der Waals surface area (Å²) >= 11 is 0. The fraction of sp³-hybridized carbons (Fsp3) is 0.500. The first-order chi connectivity index (χ1) is 9.97. The lowest BCUT2D eigenvalue weighted by molar-refractivity contribution is -0.139. The van der Waals surface area contributed by atoms with Gasteiger partial charge in [-0.2, -0.15) is 0 Å². The quantitative estimate of drug-likeness (QED) is 0.900. The Labute approximate surface area is 137 Å². The number of rotatable bonds is 3. The highest BCUT2D eigenvalue weighted by Gasteiger charge is 2.25. The number of carbonyl (C=O) groups is 2. The summed E-state index contributed by atoms with van der Waals surface area (Å²) in [5, 5.41) is 0. The second-order valence-corrected chi connectivity index (χ2v) is 5.66. The fourth-order valence-electron chi connectivity index (χ4n) is 2.46. The van der Waals surface area contributed by atoms with Gasteiger partial charge in [0.25, 0.3) is 0 Å². The van der Waals surface area contributed by atoms with Crippen molar-refractivity contribution in [2.45, 2.75) is 26.3 Å². The Hall–Kier alpha value is -1.59. The Balaban J connectivity index is 0.00000242. The van der Waals surface area contributed by atoms with E-state index in [4.69, 9.17) is 5.73 Å².